The Bertz CT molecular complexity index is 1110. The molecule has 3 aromatic heterocycles. The number of pyridine rings is 2. The van der Waals surface area contributed by atoms with Crippen molar-refractivity contribution in [3.05, 3.63) is 89.3 Å². The second kappa shape index (κ2) is 8.62. The fraction of sp³-hybridized carbons (Fsp3) is 0.0909. The van der Waals surface area contributed by atoms with E-state index in [1.807, 2.05) is 49.4 Å². The number of aromatic nitrogens is 3. The first-order valence-electron chi connectivity index (χ1n) is 9.01. The van der Waals surface area contributed by atoms with Gasteiger partial charge in [0.15, 0.2) is 11.6 Å². The number of anilines is 1. The van der Waals surface area contributed by atoms with Gasteiger partial charge in [-0.1, -0.05) is 30.3 Å². The summed E-state index contributed by atoms with van der Waals surface area (Å²) in [5.74, 6) is 0.623. The molecule has 144 valence electrons. The van der Waals surface area contributed by atoms with Crippen molar-refractivity contribution in [1.82, 2.24) is 15.0 Å². The zero-order valence-electron chi connectivity index (χ0n) is 15.7. The summed E-state index contributed by atoms with van der Waals surface area (Å²) in [6.45, 7) is 2.19. The molecule has 4 rings (SSSR count). The Balaban J connectivity index is 1.51. The van der Waals surface area contributed by atoms with Crippen molar-refractivity contribution in [3.8, 4) is 16.3 Å². The van der Waals surface area contributed by atoms with Crippen LogP contribution in [-0.2, 0) is 6.61 Å². The van der Waals surface area contributed by atoms with Gasteiger partial charge in [-0.05, 0) is 36.8 Å². The van der Waals surface area contributed by atoms with Gasteiger partial charge < -0.3 is 10.1 Å². The minimum Gasteiger partial charge on any atom is -0.485 e. The number of thiazole rings is 1. The highest BCUT2D eigenvalue weighted by Crippen LogP contribution is 2.29. The molecule has 0 aliphatic heterocycles. The van der Waals surface area contributed by atoms with Gasteiger partial charge in [0, 0.05) is 24.2 Å². The van der Waals surface area contributed by atoms with Crippen LogP contribution in [0.25, 0.3) is 10.6 Å². The number of ether oxygens (including phenoxy) is 1. The smallest absolute Gasteiger partial charge is 0.268 e. The lowest BCUT2D eigenvalue weighted by Gasteiger charge is -2.11. The van der Waals surface area contributed by atoms with Gasteiger partial charge >= 0.3 is 0 Å². The summed E-state index contributed by atoms with van der Waals surface area (Å²) in [6, 6.07) is 17.1. The Labute approximate surface area is 172 Å². The van der Waals surface area contributed by atoms with Gasteiger partial charge in [-0.15, -0.1) is 11.3 Å². The number of carbonyl (C=O) groups is 1. The van der Waals surface area contributed by atoms with Crippen LogP contribution < -0.4 is 10.1 Å². The van der Waals surface area contributed by atoms with E-state index in [1.165, 1.54) is 11.3 Å². The normalized spacial score (nSPS) is 10.5. The highest BCUT2D eigenvalue weighted by atomic mass is 32.1. The van der Waals surface area contributed by atoms with Crippen LogP contribution in [0.5, 0.6) is 5.75 Å². The molecule has 1 aromatic carbocycles. The van der Waals surface area contributed by atoms with Crippen LogP contribution in [0, 0.1) is 6.92 Å². The summed E-state index contributed by atoms with van der Waals surface area (Å²) in [5, 5.41) is 3.66. The van der Waals surface area contributed by atoms with E-state index in [0.29, 0.717) is 28.7 Å². The van der Waals surface area contributed by atoms with Gasteiger partial charge in [-0.2, -0.15) is 0 Å². The van der Waals surface area contributed by atoms with Gasteiger partial charge in [0.25, 0.3) is 5.91 Å². The number of nitrogens with zero attached hydrogens (tertiary/aromatic N) is 3. The highest BCUT2D eigenvalue weighted by molar-refractivity contribution is 7.17. The molecule has 0 bridgehead atoms. The van der Waals surface area contributed by atoms with Crippen molar-refractivity contribution in [2.24, 2.45) is 0 Å². The molecule has 0 spiro atoms. The van der Waals surface area contributed by atoms with E-state index in [1.54, 1.807) is 30.7 Å². The lowest BCUT2D eigenvalue weighted by atomic mass is 10.2. The van der Waals surface area contributed by atoms with E-state index < -0.39 is 0 Å². The molecule has 6 nitrogen and oxygen atoms in total. The SMILES string of the molecule is Cc1nc(-c2ccccc2)sc1C(=O)Nc1ncccc1OCc1ccncc1. The molecular formula is C22H18N4O2S. The number of aryl methyl sites for hydroxylation is 1. The van der Waals surface area contributed by atoms with Crippen molar-refractivity contribution >= 4 is 23.1 Å². The second-order valence-corrected chi connectivity index (χ2v) is 7.25. The predicted molar refractivity (Wildman–Crippen MR) is 113 cm³/mol. The fourth-order valence-corrected chi connectivity index (χ4v) is 3.68. The highest BCUT2D eigenvalue weighted by Gasteiger charge is 2.18. The van der Waals surface area contributed by atoms with Crippen LogP contribution in [0.4, 0.5) is 5.82 Å². The van der Waals surface area contributed by atoms with E-state index >= 15 is 0 Å². The molecule has 0 atom stereocenters. The average Bonchev–Trinajstić information content (AvgIpc) is 3.16. The third-order valence-corrected chi connectivity index (χ3v) is 5.38. The largest absolute Gasteiger partial charge is 0.485 e. The van der Waals surface area contributed by atoms with Crippen LogP contribution in [0.15, 0.2) is 73.2 Å². The average molecular weight is 402 g/mol. The fourth-order valence-electron chi connectivity index (χ4n) is 2.72. The zero-order valence-corrected chi connectivity index (χ0v) is 16.5. The third-order valence-electron chi connectivity index (χ3n) is 4.17. The standard InChI is InChI=1S/C22H18N4O2S/c1-15-19(29-22(25-15)17-6-3-2-4-7-17)21(27)26-20-18(8-5-11-24-20)28-14-16-9-12-23-13-10-16/h2-13H,14H2,1H3,(H,24,26,27). The quantitative estimate of drug-likeness (QED) is 0.504. The first kappa shape index (κ1) is 18.8. The Morgan fingerprint density at radius 2 is 1.83 bits per heavy atom. The topological polar surface area (TPSA) is 77.0 Å². The summed E-state index contributed by atoms with van der Waals surface area (Å²) in [6.07, 6.45) is 5.03. The number of hydrogen-bond donors (Lipinski definition) is 1. The summed E-state index contributed by atoms with van der Waals surface area (Å²) in [4.78, 5) is 26.2. The molecule has 0 fully saturated rings. The maximum absolute atomic E-state index is 12.9. The molecule has 0 radical (unpaired) electrons. The molecule has 29 heavy (non-hydrogen) atoms. The number of benzene rings is 1. The summed E-state index contributed by atoms with van der Waals surface area (Å²) in [5.41, 5.74) is 2.65. The first-order valence-corrected chi connectivity index (χ1v) is 9.83. The van der Waals surface area contributed by atoms with Crippen LogP contribution >= 0.6 is 11.3 Å². The number of hydrogen-bond acceptors (Lipinski definition) is 6. The van der Waals surface area contributed by atoms with Crippen molar-refractivity contribution < 1.29 is 9.53 Å². The Morgan fingerprint density at radius 3 is 2.62 bits per heavy atom. The van der Waals surface area contributed by atoms with Gasteiger partial charge in [0.05, 0.1) is 5.69 Å². The third kappa shape index (κ3) is 4.47. The van der Waals surface area contributed by atoms with Crippen molar-refractivity contribution in [2.75, 3.05) is 5.32 Å². The Morgan fingerprint density at radius 1 is 1.03 bits per heavy atom. The summed E-state index contributed by atoms with van der Waals surface area (Å²) >= 11 is 1.36. The van der Waals surface area contributed by atoms with Gasteiger partial charge in [0.1, 0.15) is 16.5 Å². The molecule has 1 amide bonds. The van der Waals surface area contributed by atoms with Crippen LogP contribution in [-0.4, -0.2) is 20.9 Å². The van der Waals surface area contributed by atoms with Crippen LogP contribution in [0.1, 0.15) is 20.9 Å². The minimum absolute atomic E-state index is 0.255. The van der Waals surface area contributed by atoms with Crippen molar-refractivity contribution in [2.45, 2.75) is 13.5 Å². The van der Waals surface area contributed by atoms with Crippen molar-refractivity contribution in [3.63, 3.8) is 0 Å². The summed E-state index contributed by atoms with van der Waals surface area (Å²) in [7, 11) is 0. The molecular weight excluding hydrogens is 384 g/mol. The molecule has 1 N–H and O–H groups in total. The Hall–Kier alpha value is -3.58. The van der Waals surface area contributed by atoms with E-state index in [0.717, 1.165) is 16.1 Å². The number of carbonyl (C=O) groups excluding carboxylic acids is 1. The van der Waals surface area contributed by atoms with E-state index in [2.05, 4.69) is 20.3 Å². The monoisotopic (exact) mass is 402 g/mol. The molecule has 3 heterocycles. The number of amides is 1. The van der Waals surface area contributed by atoms with E-state index in [9.17, 15) is 4.79 Å². The molecule has 0 unspecified atom stereocenters. The zero-order chi connectivity index (χ0) is 20.1. The number of nitrogens with one attached hydrogen (secondary N) is 1. The lowest BCUT2D eigenvalue weighted by Crippen LogP contribution is -2.13. The molecule has 0 aliphatic carbocycles. The van der Waals surface area contributed by atoms with Gasteiger partial charge in [0.2, 0.25) is 0 Å². The molecule has 4 aromatic rings. The van der Waals surface area contributed by atoms with Crippen LogP contribution in [0.2, 0.25) is 0 Å². The first-order chi connectivity index (χ1) is 14.2. The predicted octanol–water partition coefficient (Wildman–Crippen LogP) is 4.74. The van der Waals surface area contributed by atoms with Crippen LogP contribution in [0.3, 0.4) is 0 Å². The summed E-state index contributed by atoms with van der Waals surface area (Å²) < 4.78 is 5.85. The molecule has 0 aliphatic rings. The lowest BCUT2D eigenvalue weighted by molar-refractivity contribution is 0.102. The minimum atomic E-state index is -0.255. The van der Waals surface area contributed by atoms with E-state index in [4.69, 9.17) is 4.74 Å². The number of rotatable bonds is 6. The molecule has 0 saturated heterocycles. The second-order valence-electron chi connectivity index (χ2n) is 6.25. The maximum Gasteiger partial charge on any atom is 0.268 e. The van der Waals surface area contributed by atoms with Gasteiger partial charge in [-0.3, -0.25) is 9.78 Å². The Kier molecular flexibility index (Phi) is 5.58. The maximum atomic E-state index is 12.9. The molecule has 7 heteroatoms. The van der Waals surface area contributed by atoms with E-state index in [-0.39, 0.29) is 5.91 Å². The van der Waals surface area contributed by atoms with Crippen molar-refractivity contribution in [1.29, 1.82) is 0 Å². The molecule has 0 saturated carbocycles. The van der Waals surface area contributed by atoms with Gasteiger partial charge in [-0.25, -0.2) is 9.97 Å².